The summed E-state index contributed by atoms with van der Waals surface area (Å²) in [6.07, 6.45) is 2.66. The second-order valence-corrected chi connectivity index (χ2v) is 8.54. The van der Waals surface area contributed by atoms with E-state index in [9.17, 15) is 0 Å². The highest BCUT2D eigenvalue weighted by Gasteiger charge is 2.13. The number of H-pyrrole nitrogens is 1. The smallest absolute Gasteiger partial charge is 0.164 e. The van der Waals surface area contributed by atoms with Crippen molar-refractivity contribution in [1.29, 1.82) is 0 Å². The van der Waals surface area contributed by atoms with Crippen LogP contribution in [-0.2, 0) is 0 Å². The number of hydrogen-bond acceptors (Lipinski definition) is 6. The molecule has 0 saturated heterocycles. The van der Waals surface area contributed by atoms with Gasteiger partial charge in [-0.05, 0) is 63.0 Å². The van der Waals surface area contributed by atoms with Crippen LogP contribution in [0.1, 0.15) is 6.42 Å². The van der Waals surface area contributed by atoms with Crippen LogP contribution in [0.15, 0.2) is 85.2 Å². The van der Waals surface area contributed by atoms with Crippen molar-refractivity contribution in [1.82, 2.24) is 25.1 Å². The zero-order chi connectivity index (χ0) is 23.5. The highest BCUT2D eigenvalue weighted by atomic mass is 15.1. The van der Waals surface area contributed by atoms with E-state index in [1.54, 1.807) is 0 Å². The highest BCUT2D eigenvalue weighted by Crippen LogP contribution is 2.32. The lowest BCUT2D eigenvalue weighted by Gasteiger charge is -2.16. The number of para-hydroxylation sites is 2. The van der Waals surface area contributed by atoms with E-state index in [2.05, 4.69) is 52.5 Å². The van der Waals surface area contributed by atoms with E-state index < -0.39 is 0 Å². The number of anilines is 3. The Labute approximate surface area is 198 Å². The summed E-state index contributed by atoms with van der Waals surface area (Å²) < 4.78 is 0. The summed E-state index contributed by atoms with van der Waals surface area (Å²) in [4.78, 5) is 12.0. The molecule has 0 bridgehead atoms. The Bertz CT molecular complexity index is 1470. The molecule has 0 unspecified atom stereocenters. The Morgan fingerprint density at radius 2 is 1.82 bits per heavy atom. The molecule has 0 fully saturated rings. The van der Waals surface area contributed by atoms with Crippen molar-refractivity contribution < 1.29 is 0 Å². The van der Waals surface area contributed by atoms with Crippen LogP contribution in [0, 0.1) is 0 Å². The number of aromatic nitrogens is 4. The van der Waals surface area contributed by atoms with Gasteiger partial charge in [0, 0.05) is 40.0 Å². The van der Waals surface area contributed by atoms with E-state index in [1.165, 1.54) is 0 Å². The van der Waals surface area contributed by atoms with Gasteiger partial charge in [-0.25, -0.2) is 9.97 Å². The van der Waals surface area contributed by atoms with Gasteiger partial charge in [0.05, 0.1) is 17.2 Å². The van der Waals surface area contributed by atoms with E-state index in [0.717, 1.165) is 63.2 Å². The van der Waals surface area contributed by atoms with Crippen LogP contribution in [0.3, 0.4) is 0 Å². The Hall–Kier alpha value is -4.23. The monoisotopic (exact) mass is 449 g/mol. The third kappa shape index (κ3) is 4.60. The molecule has 0 radical (unpaired) electrons. The zero-order valence-electron chi connectivity index (χ0n) is 19.3. The molecule has 34 heavy (non-hydrogen) atoms. The minimum Gasteiger partial charge on any atom is -0.359 e. The van der Waals surface area contributed by atoms with Gasteiger partial charge in [-0.2, -0.15) is 5.10 Å². The van der Waals surface area contributed by atoms with Gasteiger partial charge in [-0.15, -0.1) is 0 Å². The summed E-state index contributed by atoms with van der Waals surface area (Å²) in [7, 11) is 4.12. The summed E-state index contributed by atoms with van der Waals surface area (Å²) in [6.45, 7) is 5.13. The number of hydrogen-bond donors (Lipinski definition) is 3. The molecule has 0 atom stereocenters. The van der Waals surface area contributed by atoms with Gasteiger partial charge < -0.3 is 15.5 Å². The van der Waals surface area contributed by atoms with Gasteiger partial charge in [-0.1, -0.05) is 30.8 Å². The number of nitrogens with zero attached hydrogens (tertiary/aromatic N) is 4. The summed E-state index contributed by atoms with van der Waals surface area (Å²) in [6, 6.07) is 22.2. The van der Waals surface area contributed by atoms with E-state index in [-0.39, 0.29) is 0 Å². The molecule has 3 N–H and O–H groups in total. The van der Waals surface area contributed by atoms with Gasteiger partial charge in [0.15, 0.2) is 5.82 Å². The van der Waals surface area contributed by atoms with Gasteiger partial charge in [-0.3, -0.25) is 5.10 Å². The lowest BCUT2D eigenvalue weighted by atomic mass is 10.1. The molecule has 5 aromatic rings. The molecule has 0 aliphatic rings. The van der Waals surface area contributed by atoms with Crippen molar-refractivity contribution in [3.05, 3.63) is 85.2 Å². The summed E-state index contributed by atoms with van der Waals surface area (Å²) in [5.74, 6) is 1.40. The van der Waals surface area contributed by atoms with Crippen LogP contribution in [0.4, 0.5) is 17.2 Å². The summed E-state index contributed by atoms with van der Waals surface area (Å²) in [5, 5.41) is 16.1. The molecule has 7 heteroatoms. The van der Waals surface area contributed by atoms with Gasteiger partial charge >= 0.3 is 0 Å². The molecular formula is C27H27N7. The van der Waals surface area contributed by atoms with E-state index in [0.29, 0.717) is 5.82 Å². The quantitative estimate of drug-likeness (QED) is 0.278. The SMILES string of the molecule is C=C(CCN(C)C)Nc1ccccc1-c1nc(Nc2ccc3[nH]ncc3c2)c2ccccc2n1. The molecule has 2 aromatic heterocycles. The molecule has 3 aromatic carbocycles. The predicted octanol–water partition coefficient (Wildman–Crippen LogP) is 5.79. The lowest BCUT2D eigenvalue weighted by Crippen LogP contribution is -2.15. The molecule has 0 aliphatic carbocycles. The standard InChI is InChI=1S/C27H27N7/c1-18(14-15-34(2)3)29-24-10-6-4-8-21(24)27-31-25-11-7-5-9-22(25)26(32-27)30-20-12-13-23-19(16-20)17-28-33-23/h4-13,16-17,29H,1,14-15H2,2-3H3,(H,28,33)(H,30,31,32). The van der Waals surface area contributed by atoms with Crippen LogP contribution in [0.25, 0.3) is 33.2 Å². The number of benzene rings is 3. The molecule has 7 nitrogen and oxygen atoms in total. The van der Waals surface area contributed by atoms with E-state index >= 15 is 0 Å². The van der Waals surface area contributed by atoms with Gasteiger partial charge in [0.2, 0.25) is 0 Å². The normalized spacial score (nSPS) is 11.3. The van der Waals surface area contributed by atoms with Gasteiger partial charge in [0.1, 0.15) is 5.82 Å². The van der Waals surface area contributed by atoms with Gasteiger partial charge in [0.25, 0.3) is 0 Å². The number of nitrogens with one attached hydrogen (secondary N) is 3. The van der Waals surface area contributed by atoms with Crippen LogP contribution in [0.5, 0.6) is 0 Å². The second-order valence-electron chi connectivity index (χ2n) is 8.54. The van der Waals surface area contributed by atoms with Crippen molar-refractivity contribution in [2.24, 2.45) is 0 Å². The third-order valence-corrected chi connectivity index (χ3v) is 5.65. The van der Waals surface area contributed by atoms with Crippen LogP contribution in [0.2, 0.25) is 0 Å². The van der Waals surface area contributed by atoms with Crippen LogP contribution in [-0.4, -0.2) is 45.7 Å². The minimum atomic E-state index is 0.647. The van der Waals surface area contributed by atoms with Crippen LogP contribution < -0.4 is 10.6 Å². The summed E-state index contributed by atoms with van der Waals surface area (Å²) >= 11 is 0. The maximum Gasteiger partial charge on any atom is 0.164 e. The molecule has 5 rings (SSSR count). The maximum atomic E-state index is 4.95. The van der Waals surface area contributed by atoms with Crippen molar-refractivity contribution in [3.8, 4) is 11.4 Å². The molecule has 0 saturated carbocycles. The highest BCUT2D eigenvalue weighted by molar-refractivity contribution is 5.94. The van der Waals surface area contributed by atoms with E-state index in [4.69, 9.17) is 9.97 Å². The Balaban J connectivity index is 1.53. The summed E-state index contributed by atoms with van der Waals surface area (Å²) in [5.41, 5.74) is 5.62. The molecule has 0 aliphatic heterocycles. The molecule has 170 valence electrons. The molecule has 0 amide bonds. The number of fused-ring (bicyclic) bond motifs is 2. The average Bonchev–Trinajstić information content (AvgIpc) is 3.31. The maximum absolute atomic E-state index is 4.95. The number of aromatic amines is 1. The van der Waals surface area contributed by atoms with E-state index in [1.807, 2.05) is 66.9 Å². The molecule has 0 spiro atoms. The van der Waals surface area contributed by atoms with Crippen molar-refractivity contribution in [2.75, 3.05) is 31.3 Å². The Kier molecular flexibility index (Phi) is 5.93. The fourth-order valence-corrected chi connectivity index (χ4v) is 3.85. The molecular weight excluding hydrogens is 422 g/mol. The largest absolute Gasteiger partial charge is 0.359 e. The molecule has 2 heterocycles. The first kappa shape index (κ1) is 21.6. The fraction of sp³-hybridized carbons (Fsp3) is 0.148. The first-order chi connectivity index (χ1) is 16.6. The Morgan fingerprint density at radius 1 is 1.00 bits per heavy atom. The third-order valence-electron chi connectivity index (χ3n) is 5.65. The van der Waals surface area contributed by atoms with Crippen molar-refractivity contribution >= 4 is 39.0 Å². The minimum absolute atomic E-state index is 0.647. The second kappa shape index (κ2) is 9.33. The predicted molar refractivity (Wildman–Crippen MR) is 140 cm³/mol. The first-order valence-corrected chi connectivity index (χ1v) is 11.2. The lowest BCUT2D eigenvalue weighted by molar-refractivity contribution is 0.413. The van der Waals surface area contributed by atoms with Crippen molar-refractivity contribution in [3.63, 3.8) is 0 Å². The fourth-order valence-electron chi connectivity index (χ4n) is 3.85. The average molecular weight is 450 g/mol. The topological polar surface area (TPSA) is 81.8 Å². The zero-order valence-corrected chi connectivity index (χ0v) is 19.3. The van der Waals surface area contributed by atoms with Crippen LogP contribution >= 0.6 is 0 Å². The van der Waals surface area contributed by atoms with Crippen molar-refractivity contribution in [2.45, 2.75) is 6.42 Å². The Morgan fingerprint density at radius 3 is 2.71 bits per heavy atom. The number of rotatable bonds is 8. The first-order valence-electron chi connectivity index (χ1n) is 11.2.